The predicted octanol–water partition coefficient (Wildman–Crippen LogP) is 2.44. The molecule has 0 atom stereocenters. The summed E-state index contributed by atoms with van der Waals surface area (Å²) >= 11 is 0. The number of benzene rings is 2. The molecule has 0 unspecified atom stereocenters. The molecule has 0 saturated carbocycles. The van der Waals surface area contributed by atoms with E-state index < -0.39 is 12.4 Å². The van der Waals surface area contributed by atoms with E-state index in [4.69, 9.17) is 0 Å². The largest absolute Gasteiger partial charge is 0.435 e. The van der Waals surface area contributed by atoms with Crippen molar-refractivity contribution in [2.24, 2.45) is 0 Å². The summed E-state index contributed by atoms with van der Waals surface area (Å²) in [6.45, 7) is -2.88. The molecular formula is C18H16F3N5O2. The summed E-state index contributed by atoms with van der Waals surface area (Å²) in [4.78, 5) is 13.1. The number of aromatic nitrogens is 4. The Labute approximate surface area is 158 Å². The van der Waals surface area contributed by atoms with Crippen LogP contribution in [0.15, 0.2) is 48.5 Å². The third-order valence-electron chi connectivity index (χ3n) is 3.73. The second-order valence-electron chi connectivity index (χ2n) is 5.74. The van der Waals surface area contributed by atoms with Gasteiger partial charge in [0.05, 0.1) is 0 Å². The first-order valence-electron chi connectivity index (χ1n) is 8.34. The lowest BCUT2D eigenvalue weighted by atomic mass is 10.1. The summed E-state index contributed by atoms with van der Waals surface area (Å²) in [5.74, 6) is -0.534. The molecule has 0 aliphatic rings. The molecule has 3 aromatic rings. The second-order valence-corrected chi connectivity index (χ2v) is 5.74. The number of halogens is 3. The Morgan fingerprint density at radius 2 is 2.00 bits per heavy atom. The zero-order valence-corrected chi connectivity index (χ0v) is 14.6. The number of hydrogen-bond acceptors (Lipinski definition) is 5. The van der Waals surface area contributed by atoms with Crippen LogP contribution in [0.1, 0.15) is 5.56 Å². The predicted molar refractivity (Wildman–Crippen MR) is 93.0 cm³/mol. The quantitative estimate of drug-likeness (QED) is 0.638. The first-order chi connectivity index (χ1) is 13.5. The lowest BCUT2D eigenvalue weighted by Crippen LogP contribution is -2.30. The number of para-hydroxylation sites is 1. The summed E-state index contributed by atoms with van der Waals surface area (Å²) in [5.41, 5.74) is 0.998. The third kappa shape index (κ3) is 5.29. The van der Waals surface area contributed by atoms with Crippen LogP contribution in [0.2, 0.25) is 0 Å². The average Bonchev–Trinajstić information content (AvgIpc) is 3.11. The lowest BCUT2D eigenvalue weighted by molar-refractivity contribution is -0.122. The van der Waals surface area contributed by atoms with Gasteiger partial charge in [0.1, 0.15) is 18.1 Å². The zero-order chi connectivity index (χ0) is 19.9. The minimum absolute atomic E-state index is 0.0735. The van der Waals surface area contributed by atoms with Crippen molar-refractivity contribution in [3.8, 4) is 17.1 Å². The number of nitrogens with zero attached hydrogens (tertiary/aromatic N) is 4. The van der Waals surface area contributed by atoms with Crippen molar-refractivity contribution in [3.05, 3.63) is 59.9 Å². The Bertz CT molecular complexity index is 948. The molecule has 1 amide bonds. The normalized spacial score (nSPS) is 10.9. The molecule has 0 spiro atoms. The number of carbonyl (C=O) groups is 1. The minimum Gasteiger partial charge on any atom is -0.435 e. The maximum Gasteiger partial charge on any atom is 0.387 e. The highest BCUT2D eigenvalue weighted by molar-refractivity contribution is 5.75. The van der Waals surface area contributed by atoms with Gasteiger partial charge in [-0.15, -0.1) is 10.2 Å². The first-order valence-corrected chi connectivity index (χ1v) is 8.34. The molecule has 3 rings (SSSR count). The molecule has 1 heterocycles. The van der Waals surface area contributed by atoms with Gasteiger partial charge in [0.15, 0.2) is 0 Å². The molecule has 0 aliphatic heterocycles. The van der Waals surface area contributed by atoms with Gasteiger partial charge in [0.25, 0.3) is 0 Å². The van der Waals surface area contributed by atoms with Gasteiger partial charge in [-0.25, -0.2) is 4.39 Å². The molecular weight excluding hydrogens is 375 g/mol. The van der Waals surface area contributed by atoms with Crippen molar-refractivity contribution >= 4 is 5.91 Å². The summed E-state index contributed by atoms with van der Waals surface area (Å²) in [7, 11) is 0. The van der Waals surface area contributed by atoms with E-state index >= 15 is 0 Å². The summed E-state index contributed by atoms with van der Waals surface area (Å²) in [6, 6.07) is 12.1. The molecule has 28 heavy (non-hydrogen) atoms. The fraction of sp³-hybridized carbons (Fsp3) is 0.222. The number of rotatable bonds is 8. The number of alkyl halides is 2. The molecule has 7 nitrogen and oxygen atoms in total. The molecule has 0 bridgehead atoms. The minimum atomic E-state index is -2.92. The van der Waals surface area contributed by atoms with Crippen LogP contribution in [-0.2, 0) is 17.8 Å². The van der Waals surface area contributed by atoms with Gasteiger partial charge in [0.2, 0.25) is 11.7 Å². The van der Waals surface area contributed by atoms with E-state index in [1.54, 1.807) is 24.3 Å². The van der Waals surface area contributed by atoms with E-state index in [9.17, 15) is 18.0 Å². The molecule has 0 aliphatic carbocycles. The molecule has 1 N–H and O–H groups in total. The SMILES string of the molecule is O=C(Cn1nnc(-c2cccc(F)c2)n1)NCCc1ccccc1OC(F)F. The van der Waals surface area contributed by atoms with Gasteiger partial charge in [-0.1, -0.05) is 30.3 Å². The zero-order valence-electron chi connectivity index (χ0n) is 14.6. The molecule has 0 radical (unpaired) electrons. The van der Waals surface area contributed by atoms with Crippen molar-refractivity contribution in [1.29, 1.82) is 0 Å². The Morgan fingerprint density at radius 3 is 2.79 bits per heavy atom. The van der Waals surface area contributed by atoms with Crippen LogP contribution in [-0.4, -0.2) is 39.3 Å². The van der Waals surface area contributed by atoms with Gasteiger partial charge in [-0.05, 0) is 35.4 Å². The van der Waals surface area contributed by atoms with Crippen LogP contribution >= 0.6 is 0 Å². The van der Waals surface area contributed by atoms with Crippen molar-refractivity contribution in [2.75, 3.05) is 6.54 Å². The average molecular weight is 391 g/mol. The topological polar surface area (TPSA) is 81.9 Å². The molecule has 10 heteroatoms. The molecule has 2 aromatic carbocycles. The highest BCUT2D eigenvalue weighted by Gasteiger charge is 2.11. The van der Waals surface area contributed by atoms with Crippen molar-refractivity contribution in [3.63, 3.8) is 0 Å². The fourth-order valence-electron chi connectivity index (χ4n) is 2.50. The summed E-state index contributed by atoms with van der Waals surface area (Å²) < 4.78 is 42.5. The van der Waals surface area contributed by atoms with E-state index in [1.165, 1.54) is 24.3 Å². The van der Waals surface area contributed by atoms with Gasteiger partial charge < -0.3 is 10.1 Å². The van der Waals surface area contributed by atoms with Gasteiger partial charge in [-0.3, -0.25) is 4.79 Å². The second kappa shape index (κ2) is 8.98. The third-order valence-corrected chi connectivity index (χ3v) is 3.73. The van der Waals surface area contributed by atoms with E-state index in [0.29, 0.717) is 17.5 Å². The van der Waals surface area contributed by atoms with E-state index in [0.717, 1.165) is 4.80 Å². The van der Waals surface area contributed by atoms with Crippen LogP contribution in [0.25, 0.3) is 11.4 Å². The number of ether oxygens (including phenoxy) is 1. The highest BCUT2D eigenvalue weighted by Crippen LogP contribution is 2.20. The summed E-state index contributed by atoms with van der Waals surface area (Å²) in [5, 5.41) is 14.2. The van der Waals surface area contributed by atoms with Crippen molar-refractivity contribution in [1.82, 2.24) is 25.5 Å². The maximum atomic E-state index is 13.2. The number of tetrazole rings is 1. The standard InChI is InChI=1S/C18H16F3N5O2/c19-14-6-3-5-13(10-14)17-23-25-26(24-17)11-16(27)22-9-8-12-4-1-2-7-15(12)28-18(20)21/h1-7,10,18H,8-9,11H2,(H,22,27). The summed E-state index contributed by atoms with van der Waals surface area (Å²) in [6.07, 6.45) is 0.313. The highest BCUT2D eigenvalue weighted by atomic mass is 19.3. The van der Waals surface area contributed by atoms with Crippen LogP contribution in [0.3, 0.4) is 0 Å². The Morgan fingerprint density at radius 1 is 1.18 bits per heavy atom. The maximum absolute atomic E-state index is 13.2. The number of nitrogens with one attached hydrogen (secondary N) is 1. The van der Waals surface area contributed by atoms with Gasteiger partial charge in [0, 0.05) is 12.1 Å². The molecule has 146 valence electrons. The fourth-order valence-corrected chi connectivity index (χ4v) is 2.50. The van der Waals surface area contributed by atoms with Gasteiger partial charge in [-0.2, -0.15) is 13.6 Å². The van der Waals surface area contributed by atoms with E-state index in [2.05, 4.69) is 25.5 Å². The smallest absolute Gasteiger partial charge is 0.387 e. The molecule has 0 fully saturated rings. The monoisotopic (exact) mass is 391 g/mol. The van der Waals surface area contributed by atoms with Crippen LogP contribution in [0, 0.1) is 5.82 Å². The van der Waals surface area contributed by atoms with Gasteiger partial charge >= 0.3 is 6.61 Å². The Balaban J connectivity index is 1.52. The number of hydrogen-bond donors (Lipinski definition) is 1. The van der Waals surface area contributed by atoms with Crippen molar-refractivity contribution in [2.45, 2.75) is 19.6 Å². The van der Waals surface area contributed by atoms with Crippen molar-refractivity contribution < 1.29 is 22.7 Å². The molecule has 0 saturated heterocycles. The Kier molecular flexibility index (Phi) is 6.20. The number of carbonyl (C=O) groups excluding carboxylic acids is 1. The van der Waals surface area contributed by atoms with Crippen LogP contribution in [0.5, 0.6) is 5.75 Å². The first kappa shape index (κ1) is 19.3. The molecule has 1 aromatic heterocycles. The Hall–Kier alpha value is -3.43. The lowest BCUT2D eigenvalue weighted by Gasteiger charge is -2.10. The number of amides is 1. The van der Waals surface area contributed by atoms with Crippen LogP contribution < -0.4 is 10.1 Å². The van der Waals surface area contributed by atoms with E-state index in [-0.39, 0.29) is 30.6 Å². The van der Waals surface area contributed by atoms with E-state index in [1.807, 2.05) is 0 Å². The van der Waals surface area contributed by atoms with Crippen LogP contribution in [0.4, 0.5) is 13.2 Å².